The molecule has 1 fully saturated rings. The molecule has 1 atom stereocenters. The Bertz CT molecular complexity index is 357. The van der Waals surface area contributed by atoms with Gasteiger partial charge in [-0.25, -0.2) is 4.98 Å². The molecule has 0 bridgehead atoms. The summed E-state index contributed by atoms with van der Waals surface area (Å²) in [4.78, 5) is 4.62. The number of nitrogens with one attached hydrogen (secondary N) is 1. The molecular formula is C14H24N2S. The molecule has 0 aromatic carbocycles. The van der Waals surface area contributed by atoms with E-state index in [0.717, 1.165) is 25.4 Å². The van der Waals surface area contributed by atoms with Crippen molar-refractivity contribution in [3.05, 3.63) is 16.1 Å². The zero-order chi connectivity index (χ0) is 12.3. The van der Waals surface area contributed by atoms with Crippen LogP contribution in [0.15, 0.2) is 5.38 Å². The maximum absolute atomic E-state index is 4.62. The Labute approximate surface area is 109 Å². The molecule has 0 spiro atoms. The van der Waals surface area contributed by atoms with Crippen LogP contribution in [0.4, 0.5) is 0 Å². The zero-order valence-corrected chi connectivity index (χ0v) is 12.1. The van der Waals surface area contributed by atoms with E-state index < -0.39 is 0 Å². The minimum Gasteiger partial charge on any atom is -0.316 e. The van der Waals surface area contributed by atoms with Crippen LogP contribution in [0.1, 0.15) is 43.8 Å². The molecular weight excluding hydrogens is 228 g/mol. The minimum absolute atomic E-state index is 0.416. The van der Waals surface area contributed by atoms with Gasteiger partial charge in [0, 0.05) is 24.0 Å². The maximum Gasteiger partial charge on any atom is 0.0934 e. The van der Waals surface area contributed by atoms with Gasteiger partial charge < -0.3 is 5.32 Å². The van der Waals surface area contributed by atoms with Crippen molar-refractivity contribution < 1.29 is 0 Å². The SMILES string of the molecule is CCCNCC(C)(Cc1nc(C)cs1)C1CC1. The monoisotopic (exact) mass is 252 g/mol. The standard InChI is InChI=1S/C14H24N2S/c1-4-7-15-10-14(3,12-5-6-12)8-13-16-11(2)9-17-13/h9,12,15H,4-8,10H2,1-3H3. The van der Waals surface area contributed by atoms with Crippen molar-refractivity contribution in [1.29, 1.82) is 0 Å². The Morgan fingerprint density at radius 3 is 2.82 bits per heavy atom. The highest BCUT2D eigenvalue weighted by molar-refractivity contribution is 7.09. The Kier molecular flexibility index (Phi) is 4.21. The number of thiazole rings is 1. The van der Waals surface area contributed by atoms with Crippen molar-refractivity contribution in [2.24, 2.45) is 11.3 Å². The van der Waals surface area contributed by atoms with Crippen LogP contribution in [0, 0.1) is 18.3 Å². The highest BCUT2D eigenvalue weighted by Crippen LogP contribution is 2.47. The molecule has 1 aliphatic carbocycles. The van der Waals surface area contributed by atoms with E-state index in [1.54, 1.807) is 0 Å². The van der Waals surface area contributed by atoms with Gasteiger partial charge in [-0.2, -0.15) is 0 Å². The number of nitrogens with zero attached hydrogens (tertiary/aromatic N) is 1. The van der Waals surface area contributed by atoms with Crippen LogP contribution in [-0.2, 0) is 6.42 Å². The quantitative estimate of drug-likeness (QED) is 0.752. The third-order valence-electron chi connectivity index (χ3n) is 3.74. The van der Waals surface area contributed by atoms with Crippen LogP contribution in [0.3, 0.4) is 0 Å². The maximum atomic E-state index is 4.62. The lowest BCUT2D eigenvalue weighted by Gasteiger charge is -2.29. The lowest BCUT2D eigenvalue weighted by atomic mass is 9.81. The van der Waals surface area contributed by atoms with E-state index in [-0.39, 0.29) is 0 Å². The van der Waals surface area contributed by atoms with Gasteiger partial charge in [0.15, 0.2) is 0 Å². The van der Waals surface area contributed by atoms with Crippen molar-refractivity contribution in [1.82, 2.24) is 10.3 Å². The summed E-state index contributed by atoms with van der Waals surface area (Å²) in [6.45, 7) is 9.03. The van der Waals surface area contributed by atoms with Crippen LogP contribution in [0.2, 0.25) is 0 Å². The number of rotatable bonds is 7. The lowest BCUT2D eigenvalue weighted by Crippen LogP contribution is -2.36. The predicted molar refractivity (Wildman–Crippen MR) is 74.5 cm³/mol. The molecule has 3 heteroatoms. The van der Waals surface area contributed by atoms with Crippen molar-refractivity contribution in [3.63, 3.8) is 0 Å². The number of aryl methyl sites for hydroxylation is 1. The summed E-state index contributed by atoms with van der Waals surface area (Å²) in [7, 11) is 0. The molecule has 1 aromatic rings. The molecule has 96 valence electrons. The van der Waals surface area contributed by atoms with Gasteiger partial charge in [0.1, 0.15) is 0 Å². The summed E-state index contributed by atoms with van der Waals surface area (Å²) in [5.74, 6) is 0.913. The molecule has 0 amide bonds. The molecule has 1 aliphatic rings. The largest absolute Gasteiger partial charge is 0.316 e. The summed E-state index contributed by atoms with van der Waals surface area (Å²) >= 11 is 1.82. The van der Waals surface area contributed by atoms with E-state index in [1.165, 1.54) is 30.0 Å². The summed E-state index contributed by atoms with van der Waals surface area (Å²) in [6, 6.07) is 0. The van der Waals surface area contributed by atoms with E-state index in [4.69, 9.17) is 0 Å². The molecule has 0 radical (unpaired) electrons. The minimum atomic E-state index is 0.416. The number of aromatic nitrogens is 1. The van der Waals surface area contributed by atoms with Crippen molar-refractivity contribution >= 4 is 11.3 Å². The average molecular weight is 252 g/mol. The zero-order valence-electron chi connectivity index (χ0n) is 11.3. The first-order valence-corrected chi connectivity index (χ1v) is 7.64. The first kappa shape index (κ1) is 13.0. The number of hydrogen-bond donors (Lipinski definition) is 1. The fraction of sp³-hybridized carbons (Fsp3) is 0.786. The molecule has 1 unspecified atom stereocenters. The summed E-state index contributed by atoms with van der Waals surface area (Å²) in [5, 5.41) is 7.08. The number of hydrogen-bond acceptors (Lipinski definition) is 3. The van der Waals surface area contributed by atoms with Gasteiger partial charge in [-0.05, 0) is 44.1 Å². The van der Waals surface area contributed by atoms with Gasteiger partial charge in [0.2, 0.25) is 0 Å². The highest BCUT2D eigenvalue weighted by atomic mass is 32.1. The first-order chi connectivity index (χ1) is 8.14. The molecule has 1 N–H and O–H groups in total. The summed E-state index contributed by atoms with van der Waals surface area (Å²) in [6.07, 6.45) is 5.19. The van der Waals surface area contributed by atoms with Crippen molar-refractivity contribution in [2.75, 3.05) is 13.1 Å². The Morgan fingerprint density at radius 1 is 1.53 bits per heavy atom. The topological polar surface area (TPSA) is 24.9 Å². The van der Waals surface area contributed by atoms with E-state index >= 15 is 0 Å². The van der Waals surface area contributed by atoms with Crippen molar-refractivity contribution in [3.8, 4) is 0 Å². The van der Waals surface area contributed by atoms with Crippen LogP contribution in [-0.4, -0.2) is 18.1 Å². The highest BCUT2D eigenvalue weighted by Gasteiger charge is 2.41. The Hall–Kier alpha value is -0.410. The summed E-state index contributed by atoms with van der Waals surface area (Å²) < 4.78 is 0. The van der Waals surface area contributed by atoms with Gasteiger partial charge in [-0.3, -0.25) is 0 Å². The van der Waals surface area contributed by atoms with Crippen LogP contribution >= 0.6 is 11.3 Å². The van der Waals surface area contributed by atoms with E-state index in [0.29, 0.717) is 5.41 Å². The molecule has 2 rings (SSSR count). The molecule has 1 heterocycles. The van der Waals surface area contributed by atoms with Crippen LogP contribution < -0.4 is 5.32 Å². The van der Waals surface area contributed by atoms with Crippen LogP contribution in [0.25, 0.3) is 0 Å². The second-order valence-electron chi connectivity index (χ2n) is 5.66. The third-order valence-corrected chi connectivity index (χ3v) is 4.71. The van der Waals surface area contributed by atoms with Gasteiger partial charge in [0.05, 0.1) is 5.01 Å². The van der Waals surface area contributed by atoms with Gasteiger partial charge in [-0.1, -0.05) is 13.8 Å². The first-order valence-electron chi connectivity index (χ1n) is 6.76. The Balaban J connectivity index is 1.95. The third kappa shape index (κ3) is 3.52. The predicted octanol–water partition coefficient (Wildman–Crippen LogP) is 3.41. The van der Waals surface area contributed by atoms with E-state index in [2.05, 4.69) is 36.5 Å². The average Bonchev–Trinajstić information content (AvgIpc) is 3.05. The second-order valence-corrected chi connectivity index (χ2v) is 6.61. The molecule has 1 saturated carbocycles. The molecule has 17 heavy (non-hydrogen) atoms. The van der Waals surface area contributed by atoms with Crippen molar-refractivity contribution in [2.45, 2.75) is 46.5 Å². The van der Waals surface area contributed by atoms with E-state index in [1.807, 2.05) is 11.3 Å². The Morgan fingerprint density at radius 2 is 2.29 bits per heavy atom. The molecule has 0 saturated heterocycles. The fourth-order valence-corrected chi connectivity index (χ4v) is 3.48. The molecule has 2 nitrogen and oxygen atoms in total. The summed E-state index contributed by atoms with van der Waals surface area (Å²) in [5.41, 5.74) is 1.59. The van der Waals surface area contributed by atoms with Gasteiger partial charge >= 0.3 is 0 Å². The van der Waals surface area contributed by atoms with Gasteiger partial charge in [0.25, 0.3) is 0 Å². The smallest absolute Gasteiger partial charge is 0.0934 e. The lowest BCUT2D eigenvalue weighted by molar-refractivity contribution is 0.256. The van der Waals surface area contributed by atoms with Gasteiger partial charge in [-0.15, -0.1) is 11.3 Å². The normalized spacial score (nSPS) is 19.2. The van der Waals surface area contributed by atoms with Crippen LogP contribution in [0.5, 0.6) is 0 Å². The fourth-order valence-electron chi connectivity index (χ4n) is 2.51. The molecule has 1 aromatic heterocycles. The second kappa shape index (κ2) is 5.49. The molecule has 0 aliphatic heterocycles. The van der Waals surface area contributed by atoms with E-state index in [9.17, 15) is 0 Å².